The van der Waals surface area contributed by atoms with Crippen LogP contribution in [0.2, 0.25) is 0 Å². The molecule has 0 unspecified atom stereocenters. The quantitative estimate of drug-likeness (QED) is 0.868. The van der Waals surface area contributed by atoms with Crippen LogP contribution in [0.25, 0.3) is 0 Å². The van der Waals surface area contributed by atoms with Gasteiger partial charge in [-0.2, -0.15) is 5.10 Å². The van der Waals surface area contributed by atoms with Gasteiger partial charge in [-0.25, -0.2) is 9.67 Å². The summed E-state index contributed by atoms with van der Waals surface area (Å²) in [7, 11) is 0. The molecule has 0 aromatic carbocycles. The molecule has 0 radical (unpaired) electrons. The second-order valence-corrected chi connectivity index (χ2v) is 6.97. The Balaban J connectivity index is 1.43. The molecule has 2 aliphatic rings. The fraction of sp³-hybridized carbons (Fsp3) is 0.556. The van der Waals surface area contributed by atoms with E-state index < -0.39 is 0 Å². The van der Waals surface area contributed by atoms with Crippen LogP contribution in [0.15, 0.2) is 24.5 Å². The molecule has 3 heterocycles. The predicted octanol–water partition coefficient (Wildman–Crippen LogP) is 2.26. The van der Waals surface area contributed by atoms with E-state index in [0.29, 0.717) is 11.8 Å². The molecule has 1 amide bonds. The number of likely N-dealkylation sites (tertiary alicyclic amines) is 1. The van der Waals surface area contributed by atoms with E-state index in [1.54, 1.807) is 6.20 Å². The summed E-state index contributed by atoms with van der Waals surface area (Å²) in [6.45, 7) is 5.51. The van der Waals surface area contributed by atoms with Crippen molar-refractivity contribution in [2.24, 2.45) is 5.92 Å². The summed E-state index contributed by atoms with van der Waals surface area (Å²) >= 11 is 0. The van der Waals surface area contributed by atoms with Crippen molar-refractivity contribution in [3.63, 3.8) is 0 Å². The molecule has 1 aliphatic heterocycles. The molecule has 1 saturated heterocycles. The minimum Gasteiger partial charge on any atom is -0.340 e. The van der Waals surface area contributed by atoms with E-state index in [-0.39, 0.29) is 12.0 Å². The van der Waals surface area contributed by atoms with Crippen molar-refractivity contribution < 1.29 is 4.79 Å². The Morgan fingerprint density at radius 2 is 2.21 bits per heavy atom. The number of amides is 1. The summed E-state index contributed by atoms with van der Waals surface area (Å²) < 4.78 is 2.00. The van der Waals surface area contributed by atoms with Crippen molar-refractivity contribution in [2.45, 2.75) is 45.1 Å². The van der Waals surface area contributed by atoms with E-state index >= 15 is 0 Å². The first-order chi connectivity index (χ1) is 11.6. The topological polar surface area (TPSA) is 63.9 Å². The summed E-state index contributed by atoms with van der Waals surface area (Å²) in [5.74, 6) is 2.51. The lowest BCUT2D eigenvalue weighted by Crippen LogP contribution is -2.42. The van der Waals surface area contributed by atoms with E-state index in [1.165, 1.54) is 5.56 Å². The molecule has 0 spiro atoms. The number of pyridine rings is 1. The zero-order valence-electron chi connectivity index (χ0n) is 14.2. The number of hydrogen-bond donors (Lipinski definition) is 0. The van der Waals surface area contributed by atoms with Gasteiger partial charge in [-0.3, -0.25) is 9.78 Å². The van der Waals surface area contributed by atoms with Crippen LogP contribution >= 0.6 is 0 Å². The van der Waals surface area contributed by atoms with Crippen LogP contribution in [-0.4, -0.2) is 43.6 Å². The van der Waals surface area contributed by atoms with Gasteiger partial charge in [0.1, 0.15) is 11.6 Å². The number of aromatic nitrogens is 4. The Morgan fingerprint density at radius 1 is 1.33 bits per heavy atom. The molecule has 6 nitrogen and oxygen atoms in total. The van der Waals surface area contributed by atoms with Crippen LogP contribution in [0.3, 0.4) is 0 Å². The van der Waals surface area contributed by atoms with Gasteiger partial charge in [0, 0.05) is 31.4 Å². The van der Waals surface area contributed by atoms with E-state index in [2.05, 4.69) is 21.1 Å². The minimum absolute atomic E-state index is 0.131. The zero-order valence-corrected chi connectivity index (χ0v) is 14.2. The molecule has 1 saturated carbocycles. The van der Waals surface area contributed by atoms with Gasteiger partial charge >= 0.3 is 0 Å². The Morgan fingerprint density at radius 3 is 2.92 bits per heavy atom. The number of nitrogens with zero attached hydrogens (tertiary/aromatic N) is 5. The molecule has 6 heteroatoms. The summed E-state index contributed by atoms with van der Waals surface area (Å²) in [6, 6.07) is 4.27. The molecule has 2 aromatic heterocycles. The summed E-state index contributed by atoms with van der Waals surface area (Å²) in [4.78, 5) is 23.5. The number of carbonyl (C=O) groups is 1. The van der Waals surface area contributed by atoms with Gasteiger partial charge in [-0.15, -0.1) is 0 Å². The third-order valence-corrected chi connectivity index (χ3v) is 5.18. The first kappa shape index (κ1) is 15.3. The molecule has 2 aromatic rings. The number of carbonyl (C=O) groups excluding carboxylic acids is 1. The maximum absolute atomic E-state index is 12.9. The van der Waals surface area contributed by atoms with Gasteiger partial charge in [0.05, 0.1) is 6.04 Å². The first-order valence-electron chi connectivity index (χ1n) is 8.72. The van der Waals surface area contributed by atoms with E-state index in [9.17, 15) is 4.79 Å². The SMILES string of the molecule is Cc1nc(C)n([C@@H]2CCCN(C(=O)[C@H]3C[C@@H]3c3cccnc3)C2)n1. The first-order valence-corrected chi connectivity index (χ1v) is 8.72. The molecule has 4 rings (SSSR count). The molecule has 1 aliphatic carbocycles. The fourth-order valence-electron chi connectivity index (χ4n) is 3.90. The second-order valence-electron chi connectivity index (χ2n) is 6.97. The average molecular weight is 325 g/mol. The highest BCUT2D eigenvalue weighted by Gasteiger charge is 2.46. The molecule has 126 valence electrons. The van der Waals surface area contributed by atoms with Gasteiger partial charge in [-0.05, 0) is 50.7 Å². The van der Waals surface area contributed by atoms with Crippen LogP contribution < -0.4 is 0 Å². The minimum atomic E-state index is 0.131. The maximum Gasteiger partial charge on any atom is 0.226 e. The highest BCUT2D eigenvalue weighted by Crippen LogP contribution is 2.48. The van der Waals surface area contributed by atoms with Crippen LogP contribution in [-0.2, 0) is 4.79 Å². The lowest BCUT2D eigenvalue weighted by atomic mass is 10.0. The molecule has 0 bridgehead atoms. The molecular weight excluding hydrogens is 302 g/mol. The van der Waals surface area contributed by atoms with Crippen molar-refractivity contribution >= 4 is 5.91 Å². The lowest BCUT2D eigenvalue weighted by Gasteiger charge is -2.33. The Hall–Kier alpha value is -2.24. The molecule has 2 fully saturated rings. The smallest absolute Gasteiger partial charge is 0.226 e. The predicted molar refractivity (Wildman–Crippen MR) is 89.4 cm³/mol. The van der Waals surface area contributed by atoms with Crippen molar-refractivity contribution in [3.8, 4) is 0 Å². The van der Waals surface area contributed by atoms with Gasteiger partial charge in [-0.1, -0.05) is 6.07 Å². The van der Waals surface area contributed by atoms with Crippen LogP contribution in [0.4, 0.5) is 0 Å². The van der Waals surface area contributed by atoms with Crippen LogP contribution in [0.5, 0.6) is 0 Å². The second kappa shape index (κ2) is 6.00. The van der Waals surface area contributed by atoms with E-state index in [1.807, 2.05) is 35.7 Å². The highest BCUT2D eigenvalue weighted by atomic mass is 16.2. The fourth-order valence-corrected chi connectivity index (χ4v) is 3.90. The van der Waals surface area contributed by atoms with Crippen molar-refractivity contribution in [2.75, 3.05) is 13.1 Å². The highest BCUT2D eigenvalue weighted by molar-refractivity contribution is 5.83. The molecule has 24 heavy (non-hydrogen) atoms. The average Bonchev–Trinajstić information content (AvgIpc) is 3.33. The number of hydrogen-bond acceptors (Lipinski definition) is 4. The number of rotatable bonds is 3. The summed E-state index contributed by atoms with van der Waals surface area (Å²) in [6.07, 6.45) is 6.70. The van der Waals surface area contributed by atoms with Gasteiger partial charge < -0.3 is 4.90 Å². The Kier molecular flexibility index (Phi) is 3.82. The van der Waals surface area contributed by atoms with Gasteiger partial charge in [0.15, 0.2) is 0 Å². The molecular formula is C18H23N5O. The van der Waals surface area contributed by atoms with Gasteiger partial charge in [0.2, 0.25) is 5.91 Å². The van der Waals surface area contributed by atoms with E-state index in [4.69, 9.17) is 0 Å². The van der Waals surface area contributed by atoms with Gasteiger partial charge in [0.25, 0.3) is 0 Å². The van der Waals surface area contributed by atoms with Crippen molar-refractivity contribution in [1.29, 1.82) is 0 Å². The Bertz CT molecular complexity index is 741. The van der Waals surface area contributed by atoms with Crippen molar-refractivity contribution in [3.05, 3.63) is 41.7 Å². The third-order valence-electron chi connectivity index (χ3n) is 5.18. The lowest BCUT2D eigenvalue weighted by molar-refractivity contribution is -0.134. The largest absolute Gasteiger partial charge is 0.340 e. The standard InChI is InChI=1S/C18H23N5O/c1-12-20-13(2)23(21-12)15-6-4-8-22(11-15)18(24)17-9-16(17)14-5-3-7-19-10-14/h3,5,7,10,15-17H,4,6,8-9,11H2,1-2H3/t15-,16-,17+/m1/s1. The third kappa shape index (κ3) is 2.81. The van der Waals surface area contributed by atoms with Crippen LogP contribution in [0.1, 0.15) is 48.4 Å². The molecule has 0 N–H and O–H groups in total. The number of piperidine rings is 1. The normalized spacial score (nSPS) is 26.4. The van der Waals surface area contributed by atoms with Crippen LogP contribution in [0, 0.1) is 19.8 Å². The Labute approximate surface area is 141 Å². The molecule has 3 atom stereocenters. The van der Waals surface area contributed by atoms with Crippen molar-refractivity contribution in [1.82, 2.24) is 24.6 Å². The summed E-state index contributed by atoms with van der Waals surface area (Å²) in [5.41, 5.74) is 1.19. The monoisotopic (exact) mass is 325 g/mol. The van der Waals surface area contributed by atoms with E-state index in [0.717, 1.165) is 44.0 Å². The zero-order chi connectivity index (χ0) is 16.7. The maximum atomic E-state index is 12.9. The summed E-state index contributed by atoms with van der Waals surface area (Å²) in [5, 5.41) is 4.51. The number of aryl methyl sites for hydroxylation is 2.